The van der Waals surface area contributed by atoms with Crippen molar-refractivity contribution < 1.29 is 23.9 Å². The van der Waals surface area contributed by atoms with E-state index in [4.69, 9.17) is 9.47 Å². The summed E-state index contributed by atoms with van der Waals surface area (Å²) in [7, 11) is 1.53. The van der Waals surface area contributed by atoms with E-state index in [1.165, 1.54) is 7.11 Å². The molecule has 21 heavy (non-hydrogen) atoms. The molecule has 1 atom stereocenters. The second-order valence-corrected chi connectivity index (χ2v) is 4.64. The number of amides is 3. The van der Waals surface area contributed by atoms with E-state index in [2.05, 4.69) is 10.6 Å². The van der Waals surface area contributed by atoms with Crippen LogP contribution in [0.1, 0.15) is 12.8 Å². The number of carbonyl (C=O) groups excluding carboxylic acids is 3. The third kappa shape index (κ3) is 4.28. The molecule has 1 saturated heterocycles. The van der Waals surface area contributed by atoms with Gasteiger partial charge in [0.25, 0.3) is 0 Å². The summed E-state index contributed by atoms with van der Waals surface area (Å²) >= 11 is 0. The molecule has 1 aromatic rings. The number of carbonyl (C=O) groups is 3. The zero-order valence-electron chi connectivity index (χ0n) is 11.5. The SMILES string of the molecule is COCOc1ccc(NC(=O)CC2CC(=O)NC2=O)cc1. The van der Waals surface area contributed by atoms with Crippen molar-refractivity contribution in [3.63, 3.8) is 0 Å². The van der Waals surface area contributed by atoms with Gasteiger partial charge in [0.2, 0.25) is 17.7 Å². The number of imide groups is 1. The smallest absolute Gasteiger partial charge is 0.230 e. The van der Waals surface area contributed by atoms with Crippen LogP contribution in [0.3, 0.4) is 0 Å². The van der Waals surface area contributed by atoms with Crippen molar-refractivity contribution in [3.05, 3.63) is 24.3 Å². The summed E-state index contributed by atoms with van der Waals surface area (Å²) < 4.78 is 10.00. The minimum atomic E-state index is -0.582. The summed E-state index contributed by atoms with van der Waals surface area (Å²) in [5.74, 6) is -0.997. The molecule has 7 nitrogen and oxygen atoms in total. The second kappa shape index (κ2) is 6.85. The van der Waals surface area contributed by atoms with Crippen molar-refractivity contribution >= 4 is 23.4 Å². The minimum absolute atomic E-state index is 0.0144. The normalized spacial score (nSPS) is 17.5. The van der Waals surface area contributed by atoms with Crippen LogP contribution >= 0.6 is 0 Å². The Morgan fingerprint density at radius 2 is 2.05 bits per heavy atom. The summed E-state index contributed by atoms with van der Waals surface area (Å²) in [6.07, 6.45) is 0.0511. The third-order valence-electron chi connectivity index (χ3n) is 2.98. The highest BCUT2D eigenvalue weighted by Crippen LogP contribution is 2.18. The molecule has 0 saturated carbocycles. The van der Waals surface area contributed by atoms with Crippen LogP contribution in [0.4, 0.5) is 5.69 Å². The molecule has 7 heteroatoms. The van der Waals surface area contributed by atoms with Gasteiger partial charge in [-0.05, 0) is 24.3 Å². The molecule has 0 bridgehead atoms. The van der Waals surface area contributed by atoms with E-state index in [0.717, 1.165) is 0 Å². The van der Waals surface area contributed by atoms with Crippen LogP contribution < -0.4 is 15.4 Å². The molecule has 1 fully saturated rings. The van der Waals surface area contributed by atoms with E-state index in [1.807, 2.05) is 0 Å². The van der Waals surface area contributed by atoms with Crippen LogP contribution in [-0.4, -0.2) is 31.6 Å². The van der Waals surface area contributed by atoms with E-state index < -0.39 is 11.8 Å². The largest absolute Gasteiger partial charge is 0.468 e. The Hall–Kier alpha value is -2.41. The van der Waals surface area contributed by atoms with Crippen LogP contribution in [-0.2, 0) is 19.1 Å². The van der Waals surface area contributed by atoms with Crippen molar-refractivity contribution in [3.8, 4) is 5.75 Å². The first-order chi connectivity index (χ1) is 10.1. The number of ether oxygens (including phenoxy) is 2. The van der Waals surface area contributed by atoms with Crippen LogP contribution in [0.2, 0.25) is 0 Å². The quantitative estimate of drug-likeness (QED) is 0.593. The number of methoxy groups -OCH3 is 1. The average molecular weight is 292 g/mol. The maximum Gasteiger partial charge on any atom is 0.230 e. The molecule has 1 aliphatic rings. The fraction of sp³-hybridized carbons (Fsp3) is 0.357. The average Bonchev–Trinajstić information content (AvgIpc) is 2.76. The van der Waals surface area contributed by atoms with Gasteiger partial charge in [-0.1, -0.05) is 0 Å². The van der Waals surface area contributed by atoms with Gasteiger partial charge >= 0.3 is 0 Å². The molecule has 0 aliphatic carbocycles. The Morgan fingerprint density at radius 3 is 2.62 bits per heavy atom. The predicted octanol–water partition coefficient (Wildman–Crippen LogP) is 0.661. The van der Waals surface area contributed by atoms with Crippen LogP contribution in [0.15, 0.2) is 24.3 Å². The van der Waals surface area contributed by atoms with Gasteiger partial charge in [-0.15, -0.1) is 0 Å². The number of nitrogens with one attached hydrogen (secondary N) is 2. The first-order valence-corrected chi connectivity index (χ1v) is 6.44. The molecule has 1 aliphatic heterocycles. The molecular formula is C14H16N2O5. The number of rotatable bonds is 6. The number of hydrogen-bond acceptors (Lipinski definition) is 5. The van der Waals surface area contributed by atoms with E-state index >= 15 is 0 Å². The van der Waals surface area contributed by atoms with Crippen LogP contribution in [0.5, 0.6) is 5.75 Å². The zero-order chi connectivity index (χ0) is 15.2. The Kier molecular flexibility index (Phi) is 4.89. The summed E-state index contributed by atoms with van der Waals surface area (Å²) in [4.78, 5) is 34.2. The molecule has 0 radical (unpaired) electrons. The molecule has 2 rings (SSSR count). The molecule has 1 unspecified atom stereocenters. The Morgan fingerprint density at radius 1 is 1.33 bits per heavy atom. The van der Waals surface area contributed by atoms with Gasteiger partial charge in [0.05, 0.1) is 5.92 Å². The summed E-state index contributed by atoms with van der Waals surface area (Å²) in [5.41, 5.74) is 0.592. The first kappa shape index (κ1) is 15.0. The van der Waals surface area contributed by atoms with Crippen molar-refractivity contribution in [2.24, 2.45) is 5.92 Å². The van der Waals surface area contributed by atoms with Gasteiger partial charge in [-0.3, -0.25) is 19.7 Å². The topological polar surface area (TPSA) is 93.7 Å². The molecular weight excluding hydrogens is 276 g/mol. The van der Waals surface area contributed by atoms with Crippen molar-refractivity contribution in [1.29, 1.82) is 0 Å². The zero-order valence-corrected chi connectivity index (χ0v) is 11.5. The lowest BCUT2D eigenvalue weighted by Gasteiger charge is -2.09. The lowest BCUT2D eigenvalue weighted by molar-refractivity contribution is -0.127. The Balaban J connectivity index is 1.85. The van der Waals surface area contributed by atoms with Gasteiger partial charge in [0.15, 0.2) is 6.79 Å². The van der Waals surface area contributed by atoms with Crippen molar-refractivity contribution in [1.82, 2.24) is 5.32 Å². The number of benzene rings is 1. The highest BCUT2D eigenvalue weighted by molar-refractivity contribution is 6.05. The first-order valence-electron chi connectivity index (χ1n) is 6.44. The van der Waals surface area contributed by atoms with Crippen LogP contribution in [0.25, 0.3) is 0 Å². The van der Waals surface area contributed by atoms with E-state index in [9.17, 15) is 14.4 Å². The van der Waals surface area contributed by atoms with E-state index in [-0.39, 0.29) is 31.4 Å². The lowest BCUT2D eigenvalue weighted by atomic mass is 10.0. The highest BCUT2D eigenvalue weighted by Gasteiger charge is 2.32. The number of anilines is 1. The molecule has 3 amide bonds. The van der Waals surface area contributed by atoms with Gasteiger partial charge in [0.1, 0.15) is 5.75 Å². The van der Waals surface area contributed by atoms with E-state index in [0.29, 0.717) is 11.4 Å². The third-order valence-corrected chi connectivity index (χ3v) is 2.98. The Labute approximate surface area is 121 Å². The van der Waals surface area contributed by atoms with Gasteiger partial charge in [-0.25, -0.2) is 0 Å². The lowest BCUT2D eigenvalue weighted by Crippen LogP contribution is -2.24. The molecule has 112 valence electrons. The number of hydrogen-bond donors (Lipinski definition) is 2. The van der Waals surface area contributed by atoms with Gasteiger partial charge in [0, 0.05) is 25.6 Å². The van der Waals surface area contributed by atoms with Crippen LogP contribution in [0, 0.1) is 5.92 Å². The Bertz CT molecular complexity index is 541. The summed E-state index contributed by atoms with van der Waals surface area (Å²) in [5, 5.41) is 4.85. The molecule has 1 aromatic carbocycles. The standard InChI is InChI=1S/C14H16N2O5/c1-20-8-21-11-4-2-10(3-5-11)15-12(17)6-9-7-13(18)16-14(9)19/h2-5,9H,6-8H2,1H3,(H,15,17)(H,16,18,19). The van der Waals surface area contributed by atoms with Crippen molar-refractivity contribution in [2.75, 3.05) is 19.2 Å². The second-order valence-electron chi connectivity index (χ2n) is 4.64. The fourth-order valence-electron chi connectivity index (χ4n) is 1.97. The maximum atomic E-state index is 11.8. The molecule has 1 heterocycles. The van der Waals surface area contributed by atoms with Gasteiger partial charge in [-0.2, -0.15) is 0 Å². The molecule has 2 N–H and O–H groups in total. The maximum absolute atomic E-state index is 11.8. The molecule has 0 spiro atoms. The van der Waals surface area contributed by atoms with Crippen molar-refractivity contribution in [2.45, 2.75) is 12.8 Å². The summed E-state index contributed by atoms with van der Waals surface area (Å²) in [6.45, 7) is 0.149. The predicted molar refractivity (Wildman–Crippen MR) is 73.4 cm³/mol. The van der Waals surface area contributed by atoms with Gasteiger partial charge < -0.3 is 14.8 Å². The fourth-order valence-corrected chi connectivity index (χ4v) is 1.97. The summed E-state index contributed by atoms with van der Waals surface area (Å²) in [6, 6.07) is 6.76. The minimum Gasteiger partial charge on any atom is -0.468 e. The molecule has 0 aromatic heterocycles. The monoisotopic (exact) mass is 292 g/mol. The van der Waals surface area contributed by atoms with E-state index in [1.54, 1.807) is 24.3 Å². The highest BCUT2D eigenvalue weighted by atomic mass is 16.7.